The second-order valence-corrected chi connectivity index (χ2v) is 9.33. The van der Waals surface area contributed by atoms with Gasteiger partial charge in [0.1, 0.15) is 11.0 Å². The SMILES string of the molecule is CSCC[C@@H](C(=O)Nc1sc2c(c1C(N)=O)CCC2)N1C(=O)c2ccccc2C1=O. The van der Waals surface area contributed by atoms with E-state index in [9.17, 15) is 19.2 Å². The molecular formula is C21H21N3O4S2. The summed E-state index contributed by atoms with van der Waals surface area (Å²) in [5, 5.41) is 3.20. The van der Waals surface area contributed by atoms with Crippen LogP contribution >= 0.6 is 23.1 Å². The standard InChI is InChI=1S/C21H21N3O4S2/c1-29-10-9-14(24-20(27)11-5-2-3-6-12(11)21(24)28)18(26)23-19-16(17(22)25)13-7-4-8-15(13)30-19/h2-3,5-6,14H,4,7-10H2,1H3,(H2,22,25)(H,23,26)/t14-/m0/s1. The molecule has 0 spiro atoms. The minimum Gasteiger partial charge on any atom is -0.365 e. The molecule has 2 aromatic rings. The predicted molar refractivity (Wildman–Crippen MR) is 117 cm³/mol. The highest BCUT2D eigenvalue weighted by atomic mass is 32.2. The zero-order valence-electron chi connectivity index (χ0n) is 16.4. The summed E-state index contributed by atoms with van der Waals surface area (Å²) >= 11 is 2.88. The van der Waals surface area contributed by atoms with Crippen molar-refractivity contribution in [3.8, 4) is 0 Å². The van der Waals surface area contributed by atoms with Crippen LogP contribution in [-0.2, 0) is 17.6 Å². The number of hydrogen-bond acceptors (Lipinski definition) is 6. The van der Waals surface area contributed by atoms with Crippen LogP contribution in [0.4, 0.5) is 5.00 Å². The molecule has 4 amide bonds. The largest absolute Gasteiger partial charge is 0.365 e. The molecule has 1 aromatic carbocycles. The number of anilines is 1. The van der Waals surface area contributed by atoms with Crippen molar-refractivity contribution in [2.75, 3.05) is 17.3 Å². The average molecular weight is 444 g/mol. The van der Waals surface area contributed by atoms with Crippen molar-refractivity contribution in [2.45, 2.75) is 31.7 Å². The van der Waals surface area contributed by atoms with Gasteiger partial charge in [-0.1, -0.05) is 12.1 Å². The van der Waals surface area contributed by atoms with Crippen LogP contribution in [-0.4, -0.2) is 46.6 Å². The van der Waals surface area contributed by atoms with Crippen molar-refractivity contribution < 1.29 is 19.2 Å². The lowest BCUT2D eigenvalue weighted by molar-refractivity contribution is -0.120. The summed E-state index contributed by atoms with van der Waals surface area (Å²) in [5.74, 6) is -1.41. The number of benzene rings is 1. The summed E-state index contributed by atoms with van der Waals surface area (Å²) in [7, 11) is 0. The molecule has 0 unspecified atom stereocenters. The summed E-state index contributed by atoms with van der Waals surface area (Å²) in [5.41, 5.74) is 7.45. The summed E-state index contributed by atoms with van der Waals surface area (Å²) in [4.78, 5) is 53.2. The number of thioether (sulfide) groups is 1. The number of thiophene rings is 1. The number of aryl methyl sites for hydroxylation is 1. The van der Waals surface area contributed by atoms with Gasteiger partial charge in [0.05, 0.1) is 16.7 Å². The van der Waals surface area contributed by atoms with Crippen LogP contribution in [0.3, 0.4) is 0 Å². The molecule has 0 saturated heterocycles. The third-order valence-corrected chi connectivity index (χ3v) is 7.29. The molecule has 1 aromatic heterocycles. The van der Waals surface area contributed by atoms with E-state index in [1.54, 1.807) is 24.3 Å². The van der Waals surface area contributed by atoms with Gasteiger partial charge < -0.3 is 11.1 Å². The normalized spacial score (nSPS) is 15.8. The predicted octanol–water partition coefficient (Wildman–Crippen LogP) is 2.69. The van der Waals surface area contributed by atoms with E-state index in [4.69, 9.17) is 5.73 Å². The van der Waals surface area contributed by atoms with Crippen LogP contribution in [0.25, 0.3) is 0 Å². The molecule has 0 saturated carbocycles. The van der Waals surface area contributed by atoms with Gasteiger partial charge in [-0.3, -0.25) is 24.1 Å². The van der Waals surface area contributed by atoms with Crippen LogP contribution in [0.15, 0.2) is 24.3 Å². The molecule has 7 nitrogen and oxygen atoms in total. The molecule has 156 valence electrons. The van der Waals surface area contributed by atoms with Gasteiger partial charge in [0.15, 0.2) is 0 Å². The highest BCUT2D eigenvalue weighted by molar-refractivity contribution is 7.98. The first-order chi connectivity index (χ1) is 14.4. The number of primary amides is 1. The lowest BCUT2D eigenvalue weighted by Gasteiger charge is -2.25. The Morgan fingerprint density at radius 3 is 2.47 bits per heavy atom. The van der Waals surface area contributed by atoms with Crippen molar-refractivity contribution in [1.29, 1.82) is 0 Å². The Balaban J connectivity index is 1.64. The highest BCUT2D eigenvalue weighted by Crippen LogP contribution is 2.39. The third kappa shape index (κ3) is 3.41. The van der Waals surface area contributed by atoms with Crippen molar-refractivity contribution >= 4 is 51.7 Å². The second-order valence-electron chi connectivity index (χ2n) is 7.24. The van der Waals surface area contributed by atoms with Crippen LogP contribution in [0, 0.1) is 0 Å². The smallest absolute Gasteiger partial charge is 0.262 e. The third-order valence-electron chi connectivity index (χ3n) is 5.44. The van der Waals surface area contributed by atoms with E-state index in [0.29, 0.717) is 33.9 Å². The van der Waals surface area contributed by atoms with Crippen LogP contribution in [0.2, 0.25) is 0 Å². The molecule has 9 heteroatoms. The van der Waals surface area contributed by atoms with Gasteiger partial charge in [-0.2, -0.15) is 11.8 Å². The molecule has 1 aliphatic heterocycles. The summed E-state index contributed by atoms with van der Waals surface area (Å²) in [6.45, 7) is 0. The maximum absolute atomic E-state index is 13.2. The van der Waals surface area contributed by atoms with Gasteiger partial charge in [0.2, 0.25) is 5.91 Å². The fraction of sp³-hybridized carbons (Fsp3) is 0.333. The Morgan fingerprint density at radius 2 is 1.87 bits per heavy atom. The van der Waals surface area contributed by atoms with Crippen molar-refractivity contribution in [3.05, 3.63) is 51.4 Å². The molecule has 0 bridgehead atoms. The van der Waals surface area contributed by atoms with E-state index in [-0.39, 0.29) is 0 Å². The number of imide groups is 1. The molecule has 0 radical (unpaired) electrons. The van der Waals surface area contributed by atoms with Crippen LogP contribution in [0.5, 0.6) is 0 Å². The Bertz CT molecular complexity index is 1030. The minimum atomic E-state index is -0.970. The molecule has 0 fully saturated rings. The zero-order chi connectivity index (χ0) is 21.4. The lowest BCUT2D eigenvalue weighted by Crippen LogP contribution is -2.47. The fourth-order valence-electron chi connectivity index (χ4n) is 4.05. The van der Waals surface area contributed by atoms with Gasteiger partial charge >= 0.3 is 0 Å². The number of carbonyl (C=O) groups is 4. The quantitative estimate of drug-likeness (QED) is 0.640. The number of rotatable bonds is 7. The minimum absolute atomic E-state index is 0.303. The van der Waals surface area contributed by atoms with Crippen molar-refractivity contribution in [1.82, 2.24) is 4.90 Å². The molecule has 1 aliphatic carbocycles. The maximum Gasteiger partial charge on any atom is 0.262 e. The summed E-state index contributed by atoms with van der Waals surface area (Å²) in [6, 6.07) is 5.60. The number of nitrogens with zero attached hydrogens (tertiary/aromatic N) is 1. The summed E-state index contributed by atoms with van der Waals surface area (Å²) < 4.78 is 0. The van der Waals surface area contributed by atoms with Gasteiger partial charge in [0.25, 0.3) is 17.7 Å². The first-order valence-electron chi connectivity index (χ1n) is 9.65. The average Bonchev–Trinajstić information content (AvgIpc) is 3.36. The van der Waals surface area contributed by atoms with E-state index in [0.717, 1.165) is 34.6 Å². The molecule has 2 heterocycles. The van der Waals surface area contributed by atoms with E-state index < -0.39 is 29.7 Å². The second kappa shape index (κ2) is 8.23. The Labute approximate surface area is 182 Å². The van der Waals surface area contributed by atoms with E-state index in [1.807, 2.05) is 6.26 Å². The topological polar surface area (TPSA) is 110 Å². The molecule has 1 atom stereocenters. The highest BCUT2D eigenvalue weighted by Gasteiger charge is 2.42. The number of fused-ring (bicyclic) bond motifs is 2. The maximum atomic E-state index is 13.2. The molecule has 30 heavy (non-hydrogen) atoms. The lowest BCUT2D eigenvalue weighted by atomic mass is 10.1. The molecule has 3 N–H and O–H groups in total. The van der Waals surface area contributed by atoms with Crippen molar-refractivity contribution in [3.63, 3.8) is 0 Å². The number of carbonyl (C=O) groups excluding carboxylic acids is 4. The van der Waals surface area contributed by atoms with E-state index in [2.05, 4.69) is 5.32 Å². The van der Waals surface area contributed by atoms with Gasteiger partial charge in [-0.25, -0.2) is 0 Å². The monoisotopic (exact) mass is 443 g/mol. The molecule has 2 aliphatic rings. The van der Waals surface area contributed by atoms with Gasteiger partial charge in [-0.05, 0) is 55.4 Å². The number of amides is 4. The molecule has 4 rings (SSSR count). The van der Waals surface area contributed by atoms with E-state index >= 15 is 0 Å². The first kappa shape index (κ1) is 20.6. The fourth-order valence-corrected chi connectivity index (χ4v) is 5.80. The van der Waals surface area contributed by atoms with Crippen LogP contribution < -0.4 is 11.1 Å². The zero-order valence-corrected chi connectivity index (χ0v) is 18.0. The number of hydrogen-bond donors (Lipinski definition) is 2. The van der Waals surface area contributed by atoms with Gasteiger partial charge in [-0.15, -0.1) is 11.3 Å². The Morgan fingerprint density at radius 1 is 1.20 bits per heavy atom. The summed E-state index contributed by atoms with van der Waals surface area (Å²) in [6.07, 6.45) is 4.78. The van der Waals surface area contributed by atoms with Gasteiger partial charge in [0, 0.05) is 4.88 Å². The van der Waals surface area contributed by atoms with Crippen molar-refractivity contribution in [2.24, 2.45) is 5.73 Å². The Kier molecular flexibility index (Phi) is 5.66. The number of nitrogens with one attached hydrogen (secondary N) is 1. The number of nitrogens with two attached hydrogens (primary N) is 1. The Hall–Kier alpha value is -2.65. The van der Waals surface area contributed by atoms with E-state index in [1.165, 1.54) is 23.1 Å². The molecular weight excluding hydrogens is 422 g/mol. The first-order valence-corrected chi connectivity index (χ1v) is 11.9. The van der Waals surface area contributed by atoms with Crippen LogP contribution in [0.1, 0.15) is 54.4 Å².